The zero-order chi connectivity index (χ0) is 10.4. The highest BCUT2D eigenvalue weighted by Gasteiger charge is 2.18. The third kappa shape index (κ3) is 3.92. The molecule has 0 saturated carbocycles. The van der Waals surface area contributed by atoms with Crippen molar-refractivity contribution in [2.75, 3.05) is 20.2 Å². The van der Waals surface area contributed by atoms with Crippen LogP contribution in [0.2, 0.25) is 0 Å². The highest BCUT2D eigenvalue weighted by atomic mass is 16.5. The molecule has 0 unspecified atom stereocenters. The smallest absolute Gasteiger partial charge is 0.325 e. The average molecular weight is 187 g/mol. The molecule has 0 aliphatic rings. The van der Waals surface area contributed by atoms with Crippen LogP contribution in [0.4, 0.5) is 0 Å². The first-order valence-electron chi connectivity index (χ1n) is 4.38. The summed E-state index contributed by atoms with van der Waals surface area (Å²) in [6.07, 6.45) is 0. The molecule has 0 rings (SSSR count). The molecular formula is C9H17NO3. The van der Waals surface area contributed by atoms with Crippen LogP contribution in [0.3, 0.4) is 0 Å². The van der Waals surface area contributed by atoms with Crippen molar-refractivity contribution in [2.45, 2.75) is 20.8 Å². The van der Waals surface area contributed by atoms with Crippen LogP contribution in [0.5, 0.6) is 0 Å². The van der Waals surface area contributed by atoms with Gasteiger partial charge in [-0.3, -0.25) is 9.59 Å². The van der Waals surface area contributed by atoms with E-state index in [1.807, 2.05) is 20.8 Å². The topological polar surface area (TPSA) is 46.6 Å². The van der Waals surface area contributed by atoms with Crippen LogP contribution < -0.4 is 0 Å². The molecule has 0 aromatic heterocycles. The zero-order valence-corrected chi connectivity index (χ0v) is 8.66. The fraction of sp³-hybridized carbons (Fsp3) is 0.778. The normalized spacial score (nSPS) is 9.92. The molecule has 0 fully saturated rings. The number of methoxy groups -OCH3 is 1. The minimum absolute atomic E-state index is 0.0205. The lowest BCUT2D eigenvalue weighted by Gasteiger charge is -2.21. The quantitative estimate of drug-likeness (QED) is 0.607. The summed E-state index contributed by atoms with van der Waals surface area (Å²) in [4.78, 5) is 23.8. The zero-order valence-electron chi connectivity index (χ0n) is 8.66. The Kier molecular flexibility index (Phi) is 5.11. The molecule has 13 heavy (non-hydrogen) atoms. The predicted octanol–water partition coefficient (Wildman–Crippen LogP) is 0.664. The van der Waals surface area contributed by atoms with E-state index in [4.69, 9.17) is 0 Å². The summed E-state index contributed by atoms with van der Waals surface area (Å²) in [7, 11) is 1.32. The van der Waals surface area contributed by atoms with E-state index in [9.17, 15) is 9.59 Å². The summed E-state index contributed by atoms with van der Waals surface area (Å²) in [5.74, 6) is -0.478. The molecule has 0 aromatic carbocycles. The molecule has 0 aliphatic heterocycles. The number of ether oxygens (including phenoxy) is 1. The Morgan fingerprint density at radius 3 is 2.23 bits per heavy atom. The average Bonchev–Trinajstić information content (AvgIpc) is 2.12. The van der Waals surface area contributed by atoms with Crippen molar-refractivity contribution in [3.8, 4) is 0 Å². The fourth-order valence-electron chi connectivity index (χ4n) is 0.931. The summed E-state index contributed by atoms with van der Waals surface area (Å²) >= 11 is 0. The monoisotopic (exact) mass is 187 g/mol. The molecular weight excluding hydrogens is 170 g/mol. The molecule has 0 saturated heterocycles. The Morgan fingerprint density at radius 1 is 1.38 bits per heavy atom. The van der Waals surface area contributed by atoms with Crippen molar-refractivity contribution in [1.29, 1.82) is 0 Å². The van der Waals surface area contributed by atoms with Gasteiger partial charge in [-0.1, -0.05) is 13.8 Å². The number of carbonyl (C=O) groups excluding carboxylic acids is 2. The van der Waals surface area contributed by atoms with E-state index in [2.05, 4.69) is 4.74 Å². The number of nitrogens with zero attached hydrogens (tertiary/aromatic N) is 1. The Hall–Kier alpha value is -1.06. The molecule has 0 aromatic rings. The Balaban J connectivity index is 4.18. The number of carbonyl (C=O) groups is 2. The molecule has 1 amide bonds. The van der Waals surface area contributed by atoms with Gasteiger partial charge in [0.15, 0.2) is 0 Å². The number of amides is 1. The van der Waals surface area contributed by atoms with E-state index in [1.165, 1.54) is 12.0 Å². The van der Waals surface area contributed by atoms with E-state index in [1.54, 1.807) is 0 Å². The third-order valence-electron chi connectivity index (χ3n) is 1.73. The van der Waals surface area contributed by atoms with Gasteiger partial charge in [0.2, 0.25) is 5.91 Å². The molecule has 4 heteroatoms. The van der Waals surface area contributed by atoms with Gasteiger partial charge in [0.05, 0.1) is 7.11 Å². The maximum atomic E-state index is 11.4. The largest absolute Gasteiger partial charge is 0.468 e. The lowest BCUT2D eigenvalue weighted by atomic mass is 10.2. The SMILES string of the molecule is CCN(CC(=O)OC)C(=O)C(C)C. The van der Waals surface area contributed by atoms with Crippen LogP contribution in [0, 0.1) is 5.92 Å². The van der Waals surface area contributed by atoms with Crippen molar-refractivity contribution in [3.05, 3.63) is 0 Å². The van der Waals surface area contributed by atoms with Crippen molar-refractivity contribution < 1.29 is 14.3 Å². The van der Waals surface area contributed by atoms with E-state index in [0.717, 1.165) is 0 Å². The summed E-state index contributed by atoms with van der Waals surface area (Å²) in [6, 6.07) is 0. The van der Waals surface area contributed by atoms with E-state index < -0.39 is 0 Å². The lowest BCUT2D eigenvalue weighted by Crippen LogP contribution is -2.38. The Bertz CT molecular complexity index is 189. The van der Waals surface area contributed by atoms with Crippen LogP contribution in [-0.2, 0) is 14.3 Å². The van der Waals surface area contributed by atoms with Crippen LogP contribution in [0.1, 0.15) is 20.8 Å². The molecule has 0 N–H and O–H groups in total. The van der Waals surface area contributed by atoms with Crippen LogP contribution in [0.25, 0.3) is 0 Å². The molecule has 0 bridgehead atoms. The molecule has 0 aliphatic carbocycles. The number of esters is 1. The van der Waals surface area contributed by atoms with Crippen LogP contribution in [0.15, 0.2) is 0 Å². The summed E-state index contributed by atoms with van der Waals surface area (Å²) in [5.41, 5.74) is 0. The van der Waals surface area contributed by atoms with Crippen LogP contribution in [-0.4, -0.2) is 37.0 Å². The third-order valence-corrected chi connectivity index (χ3v) is 1.73. The highest BCUT2D eigenvalue weighted by Crippen LogP contribution is 2.00. The number of rotatable bonds is 4. The molecule has 0 atom stereocenters. The van der Waals surface area contributed by atoms with Gasteiger partial charge in [-0.25, -0.2) is 0 Å². The van der Waals surface area contributed by atoms with Gasteiger partial charge in [0, 0.05) is 12.5 Å². The van der Waals surface area contributed by atoms with E-state index >= 15 is 0 Å². The summed E-state index contributed by atoms with van der Waals surface area (Å²) in [6.45, 7) is 6.03. The fourth-order valence-corrected chi connectivity index (χ4v) is 0.931. The van der Waals surface area contributed by atoms with Crippen molar-refractivity contribution in [3.63, 3.8) is 0 Å². The molecule has 76 valence electrons. The van der Waals surface area contributed by atoms with Gasteiger partial charge >= 0.3 is 5.97 Å². The highest BCUT2D eigenvalue weighted by molar-refractivity contribution is 5.83. The van der Waals surface area contributed by atoms with Crippen molar-refractivity contribution in [2.24, 2.45) is 5.92 Å². The minimum atomic E-state index is -0.379. The first kappa shape index (κ1) is 11.9. The minimum Gasteiger partial charge on any atom is -0.468 e. The first-order chi connectivity index (χ1) is 6.02. The van der Waals surface area contributed by atoms with Gasteiger partial charge in [0.25, 0.3) is 0 Å². The van der Waals surface area contributed by atoms with E-state index in [0.29, 0.717) is 6.54 Å². The maximum absolute atomic E-state index is 11.4. The van der Waals surface area contributed by atoms with Gasteiger partial charge in [-0.2, -0.15) is 0 Å². The molecule has 0 heterocycles. The number of hydrogen-bond donors (Lipinski definition) is 0. The number of likely N-dealkylation sites (N-methyl/N-ethyl adjacent to an activating group) is 1. The number of hydrogen-bond acceptors (Lipinski definition) is 3. The van der Waals surface area contributed by atoms with Crippen LogP contribution >= 0.6 is 0 Å². The van der Waals surface area contributed by atoms with Gasteiger partial charge < -0.3 is 9.64 Å². The van der Waals surface area contributed by atoms with Crippen molar-refractivity contribution in [1.82, 2.24) is 4.90 Å². The van der Waals surface area contributed by atoms with Gasteiger partial charge in [-0.15, -0.1) is 0 Å². The Morgan fingerprint density at radius 2 is 1.92 bits per heavy atom. The second kappa shape index (κ2) is 5.56. The van der Waals surface area contributed by atoms with E-state index in [-0.39, 0.29) is 24.3 Å². The van der Waals surface area contributed by atoms with Gasteiger partial charge in [0.1, 0.15) is 6.54 Å². The molecule has 0 radical (unpaired) electrons. The van der Waals surface area contributed by atoms with Crippen molar-refractivity contribution >= 4 is 11.9 Å². The Labute approximate surface area is 78.9 Å². The lowest BCUT2D eigenvalue weighted by molar-refractivity contribution is -0.147. The molecule has 0 spiro atoms. The van der Waals surface area contributed by atoms with Gasteiger partial charge in [-0.05, 0) is 6.92 Å². The summed E-state index contributed by atoms with van der Waals surface area (Å²) < 4.78 is 4.48. The predicted molar refractivity (Wildman–Crippen MR) is 49.1 cm³/mol. The second-order valence-corrected chi connectivity index (χ2v) is 3.08. The standard InChI is InChI=1S/C9H17NO3/c1-5-10(6-8(11)13-4)9(12)7(2)3/h7H,5-6H2,1-4H3. The molecule has 4 nitrogen and oxygen atoms in total. The maximum Gasteiger partial charge on any atom is 0.325 e. The first-order valence-corrected chi connectivity index (χ1v) is 4.38. The second-order valence-electron chi connectivity index (χ2n) is 3.08. The summed E-state index contributed by atoms with van der Waals surface area (Å²) in [5, 5.41) is 0.